The van der Waals surface area contributed by atoms with Gasteiger partial charge < -0.3 is 0 Å². The lowest BCUT2D eigenvalue weighted by atomic mass is 10.1. The standard InChI is InChI=1S/C14H18N4O/c1-9-8-12(16-17(9)4)6-7-13(19)14-10(2)15-18(5)11(14)3/h6-8H,1-5H3/b7-6+. The number of hydrogen-bond acceptors (Lipinski definition) is 3. The molecule has 0 aliphatic rings. The Kier molecular flexibility index (Phi) is 3.38. The maximum atomic E-state index is 12.2. The van der Waals surface area contributed by atoms with Gasteiger partial charge in [0.2, 0.25) is 0 Å². The molecule has 5 heteroatoms. The molecule has 0 saturated heterocycles. The summed E-state index contributed by atoms with van der Waals surface area (Å²) in [6, 6.07) is 1.94. The lowest BCUT2D eigenvalue weighted by Crippen LogP contribution is -1.99. The summed E-state index contributed by atoms with van der Waals surface area (Å²) >= 11 is 0. The molecule has 0 saturated carbocycles. The minimum Gasteiger partial charge on any atom is -0.289 e. The first-order valence-corrected chi connectivity index (χ1v) is 6.13. The monoisotopic (exact) mass is 258 g/mol. The number of hydrogen-bond donors (Lipinski definition) is 0. The Labute approximate surface area is 112 Å². The third-order valence-corrected chi connectivity index (χ3v) is 3.29. The van der Waals surface area contributed by atoms with Crippen molar-refractivity contribution in [1.29, 1.82) is 0 Å². The van der Waals surface area contributed by atoms with Gasteiger partial charge in [-0.3, -0.25) is 14.2 Å². The number of aryl methyl sites for hydroxylation is 4. The van der Waals surface area contributed by atoms with E-state index in [0.29, 0.717) is 5.56 Å². The van der Waals surface area contributed by atoms with Crippen LogP contribution in [0.25, 0.3) is 6.08 Å². The minimum absolute atomic E-state index is 0.0357. The van der Waals surface area contributed by atoms with Crippen molar-refractivity contribution in [3.05, 3.63) is 40.5 Å². The highest BCUT2D eigenvalue weighted by molar-refractivity contribution is 6.08. The van der Waals surface area contributed by atoms with Gasteiger partial charge in [-0.15, -0.1) is 0 Å². The largest absolute Gasteiger partial charge is 0.289 e. The van der Waals surface area contributed by atoms with Crippen LogP contribution >= 0.6 is 0 Å². The molecule has 100 valence electrons. The van der Waals surface area contributed by atoms with E-state index < -0.39 is 0 Å². The van der Waals surface area contributed by atoms with Crippen molar-refractivity contribution in [2.24, 2.45) is 14.1 Å². The van der Waals surface area contributed by atoms with Gasteiger partial charge in [0, 0.05) is 25.5 Å². The van der Waals surface area contributed by atoms with Crippen molar-refractivity contribution in [2.45, 2.75) is 20.8 Å². The maximum absolute atomic E-state index is 12.2. The molecule has 2 rings (SSSR count). The van der Waals surface area contributed by atoms with Crippen molar-refractivity contribution < 1.29 is 4.79 Å². The predicted octanol–water partition coefficient (Wildman–Crippen LogP) is 1.97. The molecule has 5 nitrogen and oxygen atoms in total. The van der Waals surface area contributed by atoms with Crippen LogP contribution in [0, 0.1) is 20.8 Å². The zero-order valence-electron chi connectivity index (χ0n) is 11.9. The van der Waals surface area contributed by atoms with Gasteiger partial charge in [-0.05, 0) is 39.0 Å². The van der Waals surface area contributed by atoms with E-state index in [1.54, 1.807) is 21.5 Å². The Bertz CT molecular complexity index is 642. The number of carbonyl (C=O) groups is 1. The molecule has 0 atom stereocenters. The molecule has 0 aliphatic heterocycles. The Morgan fingerprint density at radius 3 is 2.32 bits per heavy atom. The number of aromatic nitrogens is 4. The second-order valence-electron chi connectivity index (χ2n) is 4.70. The zero-order chi connectivity index (χ0) is 14.2. The van der Waals surface area contributed by atoms with Crippen molar-refractivity contribution in [3.63, 3.8) is 0 Å². The van der Waals surface area contributed by atoms with Crippen LogP contribution in [0.1, 0.15) is 33.1 Å². The SMILES string of the molecule is Cc1nn(C)c(C)c1C(=O)/C=C/c1cc(C)n(C)n1. The molecule has 2 aromatic heterocycles. The fourth-order valence-corrected chi connectivity index (χ4v) is 2.04. The van der Waals surface area contributed by atoms with Crippen LogP contribution in [0.5, 0.6) is 0 Å². The number of ketones is 1. The summed E-state index contributed by atoms with van der Waals surface area (Å²) in [5.74, 6) is -0.0357. The lowest BCUT2D eigenvalue weighted by molar-refractivity contribution is 0.104. The Balaban J connectivity index is 2.26. The molecule has 0 aliphatic carbocycles. The van der Waals surface area contributed by atoms with Gasteiger partial charge in [-0.2, -0.15) is 10.2 Å². The molecule has 0 aromatic carbocycles. The van der Waals surface area contributed by atoms with Crippen molar-refractivity contribution >= 4 is 11.9 Å². The molecule has 2 aromatic rings. The molecule has 0 N–H and O–H groups in total. The van der Waals surface area contributed by atoms with Crippen molar-refractivity contribution in [1.82, 2.24) is 19.6 Å². The molecule has 0 spiro atoms. The van der Waals surface area contributed by atoms with Crippen LogP contribution in [0.15, 0.2) is 12.1 Å². The zero-order valence-corrected chi connectivity index (χ0v) is 11.9. The van der Waals surface area contributed by atoms with E-state index in [2.05, 4.69) is 10.2 Å². The van der Waals surface area contributed by atoms with Gasteiger partial charge >= 0.3 is 0 Å². The lowest BCUT2D eigenvalue weighted by Gasteiger charge is -1.96. The number of rotatable bonds is 3. The van der Waals surface area contributed by atoms with E-state index in [-0.39, 0.29) is 5.78 Å². The molecule has 0 unspecified atom stereocenters. The second kappa shape index (κ2) is 4.84. The number of carbonyl (C=O) groups excluding carboxylic acids is 1. The summed E-state index contributed by atoms with van der Waals surface area (Å²) < 4.78 is 3.51. The normalized spacial score (nSPS) is 11.4. The average Bonchev–Trinajstić information content (AvgIpc) is 2.78. The summed E-state index contributed by atoms with van der Waals surface area (Å²) in [5, 5.41) is 8.53. The van der Waals surface area contributed by atoms with E-state index in [0.717, 1.165) is 22.8 Å². The molecular weight excluding hydrogens is 240 g/mol. The van der Waals surface area contributed by atoms with Crippen molar-refractivity contribution in [2.75, 3.05) is 0 Å². The van der Waals surface area contributed by atoms with Gasteiger partial charge in [-0.25, -0.2) is 0 Å². The summed E-state index contributed by atoms with van der Waals surface area (Å²) in [5.41, 5.74) is 4.15. The minimum atomic E-state index is -0.0357. The highest BCUT2D eigenvalue weighted by Crippen LogP contribution is 2.14. The quantitative estimate of drug-likeness (QED) is 0.625. The average molecular weight is 258 g/mol. The van der Waals surface area contributed by atoms with Crippen LogP contribution in [-0.4, -0.2) is 25.3 Å². The molecule has 0 radical (unpaired) electrons. The first kappa shape index (κ1) is 13.3. The molecule has 0 fully saturated rings. The fourth-order valence-electron chi connectivity index (χ4n) is 2.04. The molecule has 2 heterocycles. The Morgan fingerprint density at radius 2 is 1.84 bits per heavy atom. The first-order chi connectivity index (χ1) is 8.90. The van der Waals surface area contributed by atoms with E-state index in [9.17, 15) is 4.79 Å². The summed E-state index contributed by atoms with van der Waals surface area (Å²) in [7, 11) is 3.72. The Hall–Kier alpha value is -2.17. The predicted molar refractivity (Wildman–Crippen MR) is 74.0 cm³/mol. The molecule has 19 heavy (non-hydrogen) atoms. The third kappa shape index (κ3) is 2.50. The summed E-state index contributed by atoms with van der Waals surface area (Å²) in [4.78, 5) is 12.2. The van der Waals surface area contributed by atoms with Crippen LogP contribution in [0.3, 0.4) is 0 Å². The highest BCUT2D eigenvalue weighted by Gasteiger charge is 2.14. The fraction of sp³-hybridized carbons (Fsp3) is 0.357. The molecule has 0 amide bonds. The number of allylic oxidation sites excluding steroid dienone is 1. The molecular formula is C14H18N4O. The second-order valence-corrected chi connectivity index (χ2v) is 4.70. The smallest absolute Gasteiger partial charge is 0.189 e. The topological polar surface area (TPSA) is 52.7 Å². The van der Waals surface area contributed by atoms with Gasteiger partial charge in [-0.1, -0.05) is 0 Å². The first-order valence-electron chi connectivity index (χ1n) is 6.13. The number of nitrogens with zero attached hydrogens (tertiary/aromatic N) is 4. The van der Waals surface area contributed by atoms with Crippen LogP contribution in [0.2, 0.25) is 0 Å². The van der Waals surface area contributed by atoms with E-state index >= 15 is 0 Å². The van der Waals surface area contributed by atoms with Crippen molar-refractivity contribution in [3.8, 4) is 0 Å². The third-order valence-electron chi connectivity index (χ3n) is 3.29. The van der Waals surface area contributed by atoms with Gasteiger partial charge in [0.1, 0.15) is 0 Å². The maximum Gasteiger partial charge on any atom is 0.189 e. The van der Waals surface area contributed by atoms with E-state index in [1.165, 1.54) is 0 Å². The van der Waals surface area contributed by atoms with Crippen LogP contribution in [0.4, 0.5) is 0 Å². The molecule has 0 bridgehead atoms. The van der Waals surface area contributed by atoms with Gasteiger partial charge in [0.15, 0.2) is 5.78 Å². The summed E-state index contributed by atoms with van der Waals surface area (Å²) in [6.45, 7) is 5.71. The Morgan fingerprint density at radius 1 is 1.16 bits per heavy atom. The van der Waals surface area contributed by atoms with Gasteiger partial charge in [0.05, 0.1) is 17.0 Å². The van der Waals surface area contributed by atoms with E-state index in [1.807, 2.05) is 40.9 Å². The van der Waals surface area contributed by atoms with Crippen LogP contribution < -0.4 is 0 Å². The highest BCUT2D eigenvalue weighted by atomic mass is 16.1. The summed E-state index contributed by atoms with van der Waals surface area (Å²) in [6.07, 6.45) is 3.29. The van der Waals surface area contributed by atoms with Gasteiger partial charge in [0.25, 0.3) is 0 Å². The van der Waals surface area contributed by atoms with E-state index in [4.69, 9.17) is 0 Å². The van der Waals surface area contributed by atoms with Crippen LogP contribution in [-0.2, 0) is 14.1 Å².